The minimum Gasteiger partial charge on any atom is -0.318 e. The number of hydrogen-bond acceptors (Lipinski definition) is 4. The number of aromatic amines is 1. The van der Waals surface area contributed by atoms with Crippen LogP contribution in [0.25, 0.3) is 0 Å². The smallest absolute Gasteiger partial charge is 0.295 e. The molecular formula is C17H25N5O. The number of unbranched alkanes of at least 4 members (excludes halogenated alkanes) is 1. The number of carbonyl (C=O) groups excluding carboxylic acids is 1. The number of nitrogens with zero attached hydrogens (tertiary/aromatic N) is 3. The quantitative estimate of drug-likeness (QED) is 0.885. The molecule has 0 saturated carbocycles. The van der Waals surface area contributed by atoms with Gasteiger partial charge in [-0.1, -0.05) is 34.1 Å². The fourth-order valence-electron chi connectivity index (χ4n) is 2.12. The number of anilines is 1. The Morgan fingerprint density at radius 1 is 1.35 bits per heavy atom. The molecule has 0 unspecified atom stereocenters. The van der Waals surface area contributed by atoms with E-state index in [2.05, 4.69) is 32.4 Å². The van der Waals surface area contributed by atoms with Gasteiger partial charge in [-0.25, -0.2) is 4.98 Å². The van der Waals surface area contributed by atoms with E-state index in [-0.39, 0.29) is 17.1 Å². The lowest BCUT2D eigenvalue weighted by atomic mass is 9.96. The summed E-state index contributed by atoms with van der Waals surface area (Å²) in [6.45, 7) is 10.2. The summed E-state index contributed by atoms with van der Waals surface area (Å²) < 4.78 is 0. The van der Waals surface area contributed by atoms with Crippen molar-refractivity contribution in [1.29, 1.82) is 0 Å². The van der Waals surface area contributed by atoms with Gasteiger partial charge >= 0.3 is 0 Å². The van der Waals surface area contributed by atoms with Crippen LogP contribution in [0.5, 0.6) is 0 Å². The van der Waals surface area contributed by atoms with Crippen molar-refractivity contribution in [3.8, 4) is 0 Å². The van der Waals surface area contributed by atoms with Gasteiger partial charge in [0.15, 0.2) is 0 Å². The number of H-pyrrole nitrogens is 1. The van der Waals surface area contributed by atoms with Gasteiger partial charge in [0.2, 0.25) is 5.82 Å². The normalized spacial score (nSPS) is 11.5. The van der Waals surface area contributed by atoms with Crippen molar-refractivity contribution in [2.24, 2.45) is 0 Å². The molecule has 23 heavy (non-hydrogen) atoms. The Balaban J connectivity index is 2.09. The maximum absolute atomic E-state index is 12.3. The third kappa shape index (κ3) is 4.37. The minimum atomic E-state index is -0.331. The molecule has 2 aromatic rings. The fourth-order valence-corrected chi connectivity index (χ4v) is 2.12. The molecule has 0 radical (unpaired) electrons. The topological polar surface area (TPSA) is 83.6 Å². The zero-order valence-electron chi connectivity index (χ0n) is 14.5. The summed E-state index contributed by atoms with van der Waals surface area (Å²) in [7, 11) is 0. The van der Waals surface area contributed by atoms with Gasteiger partial charge in [0.25, 0.3) is 5.91 Å². The average molecular weight is 315 g/mol. The van der Waals surface area contributed by atoms with E-state index in [1.807, 2.05) is 33.8 Å². The van der Waals surface area contributed by atoms with Crippen LogP contribution < -0.4 is 5.32 Å². The van der Waals surface area contributed by atoms with Gasteiger partial charge in [-0.15, -0.1) is 5.10 Å². The molecule has 2 rings (SSSR count). The molecule has 2 N–H and O–H groups in total. The van der Waals surface area contributed by atoms with E-state index in [4.69, 9.17) is 0 Å². The fraction of sp³-hybridized carbons (Fsp3) is 0.529. The monoisotopic (exact) mass is 315 g/mol. The van der Waals surface area contributed by atoms with E-state index in [0.717, 1.165) is 30.5 Å². The Hall–Kier alpha value is -2.24. The molecule has 0 aromatic carbocycles. The predicted octanol–water partition coefficient (Wildman–Crippen LogP) is 3.40. The van der Waals surface area contributed by atoms with Crippen LogP contribution in [0.4, 0.5) is 5.69 Å². The molecule has 0 aliphatic rings. The highest BCUT2D eigenvalue weighted by Gasteiger charge is 2.21. The van der Waals surface area contributed by atoms with Crippen molar-refractivity contribution in [1.82, 2.24) is 20.2 Å². The maximum atomic E-state index is 12.3. The summed E-state index contributed by atoms with van der Waals surface area (Å²) in [5, 5.41) is 9.65. The second kappa shape index (κ2) is 6.89. The average Bonchev–Trinajstić information content (AvgIpc) is 2.97. The van der Waals surface area contributed by atoms with E-state index in [1.54, 1.807) is 6.20 Å². The molecule has 124 valence electrons. The van der Waals surface area contributed by atoms with Gasteiger partial charge in [0, 0.05) is 11.1 Å². The molecule has 6 nitrogen and oxygen atoms in total. The Kier molecular flexibility index (Phi) is 5.13. The molecule has 1 amide bonds. The number of aromatic nitrogens is 4. The van der Waals surface area contributed by atoms with Crippen molar-refractivity contribution in [3.63, 3.8) is 0 Å². The molecule has 6 heteroatoms. The molecule has 0 saturated heterocycles. The van der Waals surface area contributed by atoms with Gasteiger partial charge in [0.1, 0.15) is 5.82 Å². The summed E-state index contributed by atoms with van der Waals surface area (Å²) in [4.78, 5) is 21.0. The Morgan fingerprint density at radius 3 is 2.65 bits per heavy atom. The SMILES string of the molecule is CCCCc1cc(C)c(NC(=O)c2n[nH]c(C(C)(C)C)n2)cn1. The summed E-state index contributed by atoms with van der Waals surface area (Å²) in [5.41, 5.74) is 2.56. The molecule has 0 bridgehead atoms. The third-order valence-electron chi connectivity index (χ3n) is 3.60. The number of rotatable bonds is 5. The number of nitrogens with one attached hydrogen (secondary N) is 2. The summed E-state index contributed by atoms with van der Waals surface area (Å²) in [6, 6.07) is 2.02. The highest BCUT2D eigenvalue weighted by molar-refractivity contribution is 6.01. The zero-order valence-corrected chi connectivity index (χ0v) is 14.5. The Bertz CT molecular complexity index is 685. The maximum Gasteiger partial charge on any atom is 0.295 e. The number of pyridine rings is 1. The molecule has 0 aliphatic carbocycles. The van der Waals surface area contributed by atoms with E-state index in [9.17, 15) is 4.79 Å². The Morgan fingerprint density at radius 2 is 2.09 bits per heavy atom. The molecular weight excluding hydrogens is 290 g/mol. The van der Waals surface area contributed by atoms with Crippen molar-refractivity contribution in [2.75, 3.05) is 5.32 Å². The summed E-state index contributed by atoms with van der Waals surface area (Å²) >= 11 is 0. The number of amides is 1. The predicted molar refractivity (Wildman–Crippen MR) is 90.6 cm³/mol. The van der Waals surface area contributed by atoms with Gasteiger partial charge < -0.3 is 5.32 Å². The van der Waals surface area contributed by atoms with Crippen LogP contribution in [0.1, 0.15) is 68.2 Å². The molecule has 0 spiro atoms. The highest BCUT2D eigenvalue weighted by atomic mass is 16.2. The molecule has 0 atom stereocenters. The highest BCUT2D eigenvalue weighted by Crippen LogP contribution is 2.19. The lowest BCUT2D eigenvalue weighted by Crippen LogP contribution is -2.16. The largest absolute Gasteiger partial charge is 0.318 e. The second-order valence-electron chi connectivity index (χ2n) is 6.81. The first-order chi connectivity index (χ1) is 10.8. The molecule has 0 aliphatic heterocycles. The third-order valence-corrected chi connectivity index (χ3v) is 3.60. The van der Waals surface area contributed by atoms with Crippen molar-refractivity contribution in [2.45, 2.75) is 59.3 Å². The van der Waals surface area contributed by atoms with Gasteiger partial charge in [-0.3, -0.25) is 14.9 Å². The van der Waals surface area contributed by atoms with E-state index in [0.29, 0.717) is 11.5 Å². The van der Waals surface area contributed by atoms with Gasteiger partial charge in [-0.05, 0) is 31.4 Å². The van der Waals surface area contributed by atoms with E-state index < -0.39 is 0 Å². The standard InChI is InChI=1S/C17H25N5O/c1-6-7-8-12-9-11(2)13(10-18-12)19-15(23)14-20-16(22-21-14)17(3,4)5/h9-10H,6-8H2,1-5H3,(H,19,23)(H,20,21,22). The van der Waals surface area contributed by atoms with Crippen molar-refractivity contribution in [3.05, 3.63) is 35.2 Å². The zero-order chi connectivity index (χ0) is 17.0. The van der Waals surface area contributed by atoms with Gasteiger partial charge in [0.05, 0.1) is 11.9 Å². The second-order valence-corrected chi connectivity index (χ2v) is 6.81. The van der Waals surface area contributed by atoms with Crippen LogP contribution in [-0.4, -0.2) is 26.1 Å². The van der Waals surface area contributed by atoms with Crippen LogP contribution in [0, 0.1) is 6.92 Å². The first-order valence-electron chi connectivity index (χ1n) is 8.01. The summed E-state index contributed by atoms with van der Waals surface area (Å²) in [5.74, 6) is 0.500. The van der Waals surface area contributed by atoms with Crippen LogP contribution >= 0.6 is 0 Å². The van der Waals surface area contributed by atoms with Crippen molar-refractivity contribution >= 4 is 11.6 Å². The Labute approximate surface area is 137 Å². The van der Waals surface area contributed by atoms with Crippen LogP contribution in [-0.2, 0) is 11.8 Å². The van der Waals surface area contributed by atoms with Gasteiger partial charge in [-0.2, -0.15) is 0 Å². The van der Waals surface area contributed by atoms with Crippen LogP contribution in [0.3, 0.4) is 0 Å². The lowest BCUT2D eigenvalue weighted by molar-refractivity contribution is 0.101. The lowest BCUT2D eigenvalue weighted by Gasteiger charge is -2.12. The molecule has 0 fully saturated rings. The van der Waals surface area contributed by atoms with E-state index >= 15 is 0 Å². The number of hydrogen-bond donors (Lipinski definition) is 2. The minimum absolute atomic E-state index is 0.143. The van der Waals surface area contributed by atoms with Crippen molar-refractivity contribution < 1.29 is 4.79 Å². The first-order valence-corrected chi connectivity index (χ1v) is 8.01. The summed E-state index contributed by atoms with van der Waals surface area (Å²) in [6.07, 6.45) is 4.92. The number of aryl methyl sites for hydroxylation is 2. The molecule has 2 aromatic heterocycles. The van der Waals surface area contributed by atoms with E-state index in [1.165, 1.54) is 0 Å². The first kappa shape index (κ1) is 17.1. The van der Waals surface area contributed by atoms with Crippen LogP contribution in [0.15, 0.2) is 12.3 Å². The number of carbonyl (C=O) groups is 1. The van der Waals surface area contributed by atoms with Crippen LogP contribution in [0.2, 0.25) is 0 Å². The molecule has 2 heterocycles.